The highest BCUT2D eigenvalue weighted by atomic mass is 35.5. The Morgan fingerprint density at radius 1 is 1.28 bits per heavy atom. The van der Waals surface area contributed by atoms with Crippen molar-refractivity contribution in [2.75, 3.05) is 20.7 Å². The summed E-state index contributed by atoms with van der Waals surface area (Å²) in [6.07, 6.45) is 0.965. The Bertz CT molecular complexity index is 726. The Hall–Kier alpha value is -2.21. The van der Waals surface area contributed by atoms with Gasteiger partial charge < -0.3 is 15.4 Å². The Morgan fingerprint density at radius 2 is 2.08 bits per heavy atom. The van der Waals surface area contributed by atoms with Crippen molar-refractivity contribution < 1.29 is 4.74 Å². The number of aromatic nitrogens is 2. The maximum Gasteiger partial charge on any atom is 0.191 e. The third-order valence-electron chi connectivity index (χ3n) is 3.86. The zero-order valence-electron chi connectivity index (χ0n) is 15.3. The zero-order valence-corrected chi connectivity index (χ0v) is 16.0. The molecule has 7 heteroatoms. The molecule has 0 bridgehead atoms. The molecule has 0 fully saturated rings. The number of hydrogen-bond donors (Lipinski definition) is 2. The van der Waals surface area contributed by atoms with Gasteiger partial charge in [-0.1, -0.05) is 17.7 Å². The SMILES string of the molecule is CN=C(NCCCn1nc(C)cc1C)NCc1ccc(Cl)cc1OC. The van der Waals surface area contributed by atoms with E-state index in [2.05, 4.69) is 33.7 Å². The van der Waals surface area contributed by atoms with Gasteiger partial charge in [0.15, 0.2) is 5.96 Å². The van der Waals surface area contributed by atoms with Crippen LogP contribution in [0.3, 0.4) is 0 Å². The highest BCUT2D eigenvalue weighted by Gasteiger charge is 2.05. The number of methoxy groups -OCH3 is 1. The topological polar surface area (TPSA) is 63.5 Å². The second-order valence-corrected chi connectivity index (χ2v) is 6.25. The van der Waals surface area contributed by atoms with Gasteiger partial charge in [-0.05, 0) is 38.5 Å². The first-order valence-electron chi connectivity index (χ1n) is 8.31. The minimum absolute atomic E-state index is 0.609. The van der Waals surface area contributed by atoms with Crippen LogP contribution >= 0.6 is 11.6 Å². The second kappa shape index (κ2) is 9.32. The fourth-order valence-corrected chi connectivity index (χ4v) is 2.76. The van der Waals surface area contributed by atoms with Crippen LogP contribution in [-0.4, -0.2) is 36.4 Å². The quantitative estimate of drug-likeness (QED) is 0.451. The number of rotatable bonds is 7. The first-order chi connectivity index (χ1) is 12.0. The summed E-state index contributed by atoms with van der Waals surface area (Å²) in [4.78, 5) is 4.25. The highest BCUT2D eigenvalue weighted by Crippen LogP contribution is 2.22. The monoisotopic (exact) mass is 363 g/mol. The van der Waals surface area contributed by atoms with E-state index in [1.165, 1.54) is 5.69 Å². The van der Waals surface area contributed by atoms with Gasteiger partial charge in [-0.3, -0.25) is 9.67 Å². The van der Waals surface area contributed by atoms with Gasteiger partial charge in [-0.15, -0.1) is 0 Å². The van der Waals surface area contributed by atoms with Crippen molar-refractivity contribution in [3.8, 4) is 5.75 Å². The molecule has 2 aromatic rings. The fraction of sp³-hybridized carbons (Fsp3) is 0.444. The van der Waals surface area contributed by atoms with E-state index in [1.54, 1.807) is 14.2 Å². The molecule has 136 valence electrons. The number of nitrogens with zero attached hydrogens (tertiary/aromatic N) is 3. The van der Waals surface area contributed by atoms with E-state index in [9.17, 15) is 0 Å². The Kier molecular flexibility index (Phi) is 7.13. The molecule has 0 aliphatic heterocycles. The van der Waals surface area contributed by atoms with Crippen LogP contribution in [0.5, 0.6) is 5.75 Å². The second-order valence-electron chi connectivity index (χ2n) is 5.81. The van der Waals surface area contributed by atoms with Crippen LogP contribution in [0.1, 0.15) is 23.4 Å². The molecule has 2 N–H and O–H groups in total. The number of benzene rings is 1. The molecule has 25 heavy (non-hydrogen) atoms. The predicted octanol–water partition coefficient (Wildman–Crippen LogP) is 2.92. The van der Waals surface area contributed by atoms with Crippen LogP contribution in [-0.2, 0) is 13.1 Å². The number of aryl methyl sites for hydroxylation is 3. The molecule has 0 aliphatic carbocycles. The summed E-state index contributed by atoms with van der Waals surface area (Å²) < 4.78 is 7.39. The lowest BCUT2D eigenvalue weighted by molar-refractivity contribution is 0.409. The Balaban J connectivity index is 1.78. The molecule has 0 aliphatic rings. The fourth-order valence-electron chi connectivity index (χ4n) is 2.60. The van der Waals surface area contributed by atoms with Crippen molar-refractivity contribution in [3.63, 3.8) is 0 Å². The van der Waals surface area contributed by atoms with Crippen molar-refractivity contribution in [1.29, 1.82) is 0 Å². The average molecular weight is 364 g/mol. The van der Waals surface area contributed by atoms with Gasteiger partial charge in [0.25, 0.3) is 0 Å². The van der Waals surface area contributed by atoms with Crippen LogP contribution in [0.2, 0.25) is 5.02 Å². The summed E-state index contributed by atoms with van der Waals surface area (Å²) in [5.74, 6) is 1.52. The van der Waals surface area contributed by atoms with Crippen molar-refractivity contribution in [1.82, 2.24) is 20.4 Å². The molecule has 0 atom stereocenters. The maximum atomic E-state index is 5.99. The summed E-state index contributed by atoms with van der Waals surface area (Å²) in [6, 6.07) is 7.70. The van der Waals surface area contributed by atoms with E-state index in [4.69, 9.17) is 16.3 Å². The molecule has 1 aromatic carbocycles. The number of halogens is 1. The summed E-state index contributed by atoms with van der Waals surface area (Å²) in [5, 5.41) is 11.7. The Morgan fingerprint density at radius 3 is 2.72 bits per heavy atom. The van der Waals surface area contributed by atoms with Gasteiger partial charge >= 0.3 is 0 Å². The van der Waals surface area contributed by atoms with E-state index in [1.807, 2.05) is 29.8 Å². The minimum Gasteiger partial charge on any atom is -0.496 e. The van der Waals surface area contributed by atoms with Crippen LogP contribution in [0, 0.1) is 13.8 Å². The first kappa shape index (κ1) is 19.1. The number of guanidine groups is 1. The molecule has 0 unspecified atom stereocenters. The lowest BCUT2D eigenvalue weighted by atomic mass is 10.2. The van der Waals surface area contributed by atoms with Crippen LogP contribution < -0.4 is 15.4 Å². The molecule has 0 saturated heterocycles. The largest absolute Gasteiger partial charge is 0.496 e. The third kappa shape index (κ3) is 5.67. The molecule has 0 amide bonds. The van der Waals surface area contributed by atoms with Crippen molar-refractivity contribution in [3.05, 3.63) is 46.2 Å². The first-order valence-corrected chi connectivity index (χ1v) is 8.69. The molecular weight excluding hydrogens is 338 g/mol. The number of ether oxygens (including phenoxy) is 1. The van der Waals surface area contributed by atoms with Gasteiger partial charge in [-0.2, -0.15) is 5.10 Å². The van der Waals surface area contributed by atoms with Crippen LogP contribution in [0.15, 0.2) is 29.3 Å². The molecule has 1 heterocycles. The molecular formula is C18H26ClN5O. The molecule has 0 radical (unpaired) electrons. The van der Waals surface area contributed by atoms with E-state index >= 15 is 0 Å². The van der Waals surface area contributed by atoms with E-state index in [0.29, 0.717) is 11.6 Å². The third-order valence-corrected chi connectivity index (χ3v) is 4.10. The van der Waals surface area contributed by atoms with Gasteiger partial charge in [-0.25, -0.2) is 0 Å². The van der Waals surface area contributed by atoms with Gasteiger partial charge in [0.2, 0.25) is 0 Å². The molecule has 1 aromatic heterocycles. The molecule has 6 nitrogen and oxygen atoms in total. The Labute approximate surface area is 154 Å². The zero-order chi connectivity index (χ0) is 18.2. The maximum absolute atomic E-state index is 5.99. The number of nitrogens with one attached hydrogen (secondary N) is 2. The van der Waals surface area contributed by atoms with E-state index < -0.39 is 0 Å². The number of hydrogen-bond acceptors (Lipinski definition) is 3. The summed E-state index contributed by atoms with van der Waals surface area (Å²) in [5.41, 5.74) is 3.27. The number of aliphatic imine (C=N–C) groups is 1. The van der Waals surface area contributed by atoms with Crippen LogP contribution in [0.4, 0.5) is 0 Å². The minimum atomic E-state index is 0.609. The van der Waals surface area contributed by atoms with Crippen molar-refractivity contribution in [2.45, 2.75) is 33.4 Å². The van der Waals surface area contributed by atoms with Gasteiger partial charge in [0, 0.05) is 43.0 Å². The smallest absolute Gasteiger partial charge is 0.191 e. The highest BCUT2D eigenvalue weighted by molar-refractivity contribution is 6.30. The standard InChI is InChI=1S/C18H26ClN5O/c1-13-10-14(2)24(23-13)9-5-8-21-18(20-3)22-12-15-6-7-16(19)11-17(15)25-4/h6-7,10-11H,5,8-9,12H2,1-4H3,(H2,20,21,22). The van der Waals surface area contributed by atoms with Gasteiger partial charge in [0.05, 0.1) is 12.8 Å². The molecule has 0 saturated carbocycles. The van der Waals surface area contributed by atoms with Gasteiger partial charge in [0.1, 0.15) is 5.75 Å². The summed E-state index contributed by atoms with van der Waals surface area (Å²) in [6.45, 7) is 6.40. The average Bonchev–Trinajstić information content (AvgIpc) is 2.92. The summed E-state index contributed by atoms with van der Waals surface area (Å²) >= 11 is 5.99. The van der Waals surface area contributed by atoms with Crippen molar-refractivity contribution in [2.24, 2.45) is 4.99 Å². The molecule has 0 spiro atoms. The summed E-state index contributed by atoms with van der Waals surface area (Å²) in [7, 11) is 3.40. The lowest BCUT2D eigenvalue weighted by Gasteiger charge is -2.14. The van der Waals surface area contributed by atoms with E-state index in [-0.39, 0.29) is 0 Å². The van der Waals surface area contributed by atoms with Crippen LogP contribution in [0.25, 0.3) is 0 Å². The lowest BCUT2D eigenvalue weighted by Crippen LogP contribution is -2.37. The van der Waals surface area contributed by atoms with E-state index in [0.717, 1.165) is 42.5 Å². The molecule has 2 rings (SSSR count). The van der Waals surface area contributed by atoms with Crippen molar-refractivity contribution >= 4 is 17.6 Å². The normalized spacial score (nSPS) is 11.5. The predicted molar refractivity (Wildman–Crippen MR) is 103 cm³/mol.